The summed E-state index contributed by atoms with van der Waals surface area (Å²) in [6, 6.07) is 4.05. The molecule has 2 amide bonds. The molecule has 3 rings (SSSR count). The molecule has 5 nitrogen and oxygen atoms in total. The van der Waals surface area contributed by atoms with Crippen molar-refractivity contribution in [3.63, 3.8) is 0 Å². The van der Waals surface area contributed by atoms with E-state index in [9.17, 15) is 9.59 Å². The van der Waals surface area contributed by atoms with Crippen molar-refractivity contribution < 1.29 is 9.59 Å². The Bertz CT molecular complexity index is 813. The monoisotopic (exact) mass is 397 g/mol. The molecule has 1 aliphatic rings. The molecule has 0 unspecified atom stereocenters. The summed E-state index contributed by atoms with van der Waals surface area (Å²) in [6.07, 6.45) is 1.01. The number of nitrogens with two attached hydrogens (primary N) is 1. The maximum atomic E-state index is 12.3. The van der Waals surface area contributed by atoms with Gasteiger partial charge in [-0.05, 0) is 38.0 Å². The van der Waals surface area contributed by atoms with Crippen LogP contribution in [0.5, 0.6) is 0 Å². The second kappa shape index (κ2) is 7.45. The number of anilines is 1. The normalized spacial score (nSPS) is 14.6. The van der Waals surface area contributed by atoms with Gasteiger partial charge >= 0.3 is 0 Å². The van der Waals surface area contributed by atoms with Crippen LogP contribution in [0.15, 0.2) is 12.1 Å². The van der Waals surface area contributed by atoms with E-state index in [1.165, 1.54) is 22.7 Å². The Morgan fingerprint density at radius 2 is 2.12 bits per heavy atom. The maximum absolute atomic E-state index is 12.3. The van der Waals surface area contributed by atoms with Crippen molar-refractivity contribution in [3.05, 3.63) is 37.4 Å². The molecule has 0 atom stereocenters. The lowest BCUT2D eigenvalue weighted by Crippen LogP contribution is -2.35. The lowest BCUT2D eigenvalue weighted by molar-refractivity contribution is -0.115. The Balaban J connectivity index is 1.81. The van der Waals surface area contributed by atoms with Gasteiger partial charge in [-0.3, -0.25) is 14.5 Å². The number of primary amides is 1. The van der Waals surface area contributed by atoms with Crippen LogP contribution >= 0.6 is 34.3 Å². The number of fused-ring (bicyclic) bond motifs is 1. The van der Waals surface area contributed by atoms with Gasteiger partial charge in [-0.1, -0.05) is 11.6 Å². The van der Waals surface area contributed by atoms with Gasteiger partial charge in [0.15, 0.2) is 0 Å². The molecular weight excluding hydrogens is 378 g/mol. The van der Waals surface area contributed by atoms with Crippen molar-refractivity contribution in [1.82, 2.24) is 4.90 Å². The molecule has 3 N–H and O–H groups in total. The summed E-state index contributed by atoms with van der Waals surface area (Å²) in [5.74, 6) is -0.648. The minimum Gasteiger partial charge on any atom is -0.365 e. The third-order valence-electron chi connectivity index (χ3n) is 4.28. The van der Waals surface area contributed by atoms with Crippen LogP contribution in [-0.4, -0.2) is 29.3 Å². The van der Waals surface area contributed by atoms with E-state index >= 15 is 0 Å². The SMILES string of the molecule is CC(C)N1CCc2c(sc(NC(=O)Cc3ccc(Cl)s3)c2C(N)=O)C1. The highest BCUT2D eigenvalue weighted by Crippen LogP contribution is 2.37. The van der Waals surface area contributed by atoms with Crippen LogP contribution in [0.1, 0.15) is 39.5 Å². The smallest absolute Gasteiger partial charge is 0.251 e. The highest BCUT2D eigenvalue weighted by Gasteiger charge is 2.28. The van der Waals surface area contributed by atoms with E-state index in [0.29, 0.717) is 20.9 Å². The van der Waals surface area contributed by atoms with Crippen molar-refractivity contribution in [2.75, 3.05) is 11.9 Å². The number of halogens is 1. The predicted molar refractivity (Wildman–Crippen MR) is 104 cm³/mol. The highest BCUT2D eigenvalue weighted by molar-refractivity contribution is 7.17. The quantitative estimate of drug-likeness (QED) is 0.810. The molecule has 2 aromatic heterocycles. The van der Waals surface area contributed by atoms with E-state index in [-0.39, 0.29) is 12.3 Å². The fraction of sp³-hybridized carbons (Fsp3) is 0.412. The number of nitrogens with zero attached hydrogens (tertiary/aromatic N) is 1. The molecule has 0 fully saturated rings. The molecule has 0 aliphatic carbocycles. The Kier molecular flexibility index (Phi) is 5.48. The molecule has 25 heavy (non-hydrogen) atoms. The Morgan fingerprint density at radius 3 is 2.72 bits per heavy atom. The second-order valence-corrected chi connectivity index (χ2v) is 9.22. The number of hydrogen-bond donors (Lipinski definition) is 2. The van der Waals surface area contributed by atoms with E-state index in [0.717, 1.165) is 34.8 Å². The summed E-state index contributed by atoms with van der Waals surface area (Å²) in [7, 11) is 0. The fourth-order valence-electron chi connectivity index (χ4n) is 2.99. The van der Waals surface area contributed by atoms with Crippen LogP contribution in [0.25, 0.3) is 0 Å². The van der Waals surface area contributed by atoms with E-state index < -0.39 is 5.91 Å². The molecule has 134 valence electrons. The van der Waals surface area contributed by atoms with Gasteiger partial charge in [0.25, 0.3) is 5.91 Å². The Hall–Kier alpha value is -1.41. The molecule has 0 radical (unpaired) electrons. The number of rotatable bonds is 5. The zero-order valence-electron chi connectivity index (χ0n) is 14.1. The molecule has 0 bridgehead atoms. The number of carbonyl (C=O) groups is 2. The number of nitrogens with one attached hydrogen (secondary N) is 1. The summed E-state index contributed by atoms with van der Waals surface area (Å²) in [6.45, 7) is 5.99. The average Bonchev–Trinajstić information content (AvgIpc) is 3.08. The van der Waals surface area contributed by atoms with Gasteiger partial charge in [-0.25, -0.2) is 0 Å². The molecule has 0 saturated heterocycles. The number of hydrogen-bond acceptors (Lipinski definition) is 5. The van der Waals surface area contributed by atoms with Crippen LogP contribution in [0.2, 0.25) is 4.34 Å². The van der Waals surface area contributed by atoms with Crippen molar-refractivity contribution in [2.24, 2.45) is 5.73 Å². The minimum atomic E-state index is -0.482. The van der Waals surface area contributed by atoms with Crippen LogP contribution in [0, 0.1) is 0 Å². The van der Waals surface area contributed by atoms with Gasteiger partial charge in [-0.15, -0.1) is 22.7 Å². The van der Waals surface area contributed by atoms with Crippen molar-refractivity contribution in [3.8, 4) is 0 Å². The molecule has 2 aromatic rings. The van der Waals surface area contributed by atoms with Gasteiger partial charge in [-0.2, -0.15) is 0 Å². The summed E-state index contributed by atoms with van der Waals surface area (Å²) < 4.78 is 0.654. The van der Waals surface area contributed by atoms with Gasteiger partial charge in [0.05, 0.1) is 16.3 Å². The van der Waals surface area contributed by atoms with E-state index in [4.69, 9.17) is 17.3 Å². The first kappa shape index (κ1) is 18.4. The fourth-order valence-corrected chi connectivity index (χ4v) is 5.37. The van der Waals surface area contributed by atoms with Crippen LogP contribution in [0.4, 0.5) is 5.00 Å². The third-order valence-corrected chi connectivity index (χ3v) is 6.64. The van der Waals surface area contributed by atoms with Gasteiger partial charge in [0.1, 0.15) is 5.00 Å². The van der Waals surface area contributed by atoms with E-state index in [2.05, 4.69) is 24.1 Å². The largest absolute Gasteiger partial charge is 0.365 e. The Morgan fingerprint density at radius 1 is 1.36 bits per heavy atom. The molecule has 0 aromatic carbocycles. The highest BCUT2D eigenvalue weighted by atomic mass is 35.5. The van der Waals surface area contributed by atoms with Crippen molar-refractivity contribution in [2.45, 2.75) is 39.3 Å². The maximum Gasteiger partial charge on any atom is 0.251 e. The summed E-state index contributed by atoms with van der Waals surface area (Å²) in [4.78, 5) is 28.7. The first-order chi connectivity index (χ1) is 11.8. The summed E-state index contributed by atoms with van der Waals surface area (Å²) in [5, 5.41) is 3.44. The molecule has 8 heteroatoms. The summed E-state index contributed by atoms with van der Waals surface area (Å²) in [5.41, 5.74) is 7.06. The lowest BCUT2D eigenvalue weighted by Gasteiger charge is -2.30. The number of carbonyl (C=O) groups excluding carboxylic acids is 2. The lowest BCUT2D eigenvalue weighted by atomic mass is 10.0. The minimum absolute atomic E-state index is 0.166. The predicted octanol–water partition coefficient (Wildman–Crippen LogP) is 3.51. The van der Waals surface area contributed by atoms with Gasteiger partial charge in [0, 0.05) is 28.9 Å². The van der Waals surface area contributed by atoms with Crippen LogP contribution < -0.4 is 11.1 Å². The number of amides is 2. The zero-order valence-corrected chi connectivity index (χ0v) is 16.5. The molecular formula is C17H20ClN3O2S2. The first-order valence-electron chi connectivity index (χ1n) is 8.07. The van der Waals surface area contributed by atoms with Gasteiger partial charge in [0.2, 0.25) is 5.91 Å². The standard InChI is InChI=1S/C17H20ClN3O2S2/c1-9(2)21-6-5-11-12(8-21)25-17(15(11)16(19)23)20-14(22)7-10-3-4-13(18)24-10/h3-4,9H,5-8H2,1-2H3,(H2,19,23)(H,20,22). The second-order valence-electron chi connectivity index (χ2n) is 6.32. The van der Waals surface area contributed by atoms with Crippen LogP contribution in [-0.2, 0) is 24.2 Å². The summed E-state index contributed by atoms with van der Waals surface area (Å²) >= 11 is 8.74. The van der Waals surface area contributed by atoms with Gasteiger partial charge < -0.3 is 11.1 Å². The molecule has 0 saturated carbocycles. The average molecular weight is 398 g/mol. The van der Waals surface area contributed by atoms with Crippen molar-refractivity contribution in [1.29, 1.82) is 0 Å². The molecule has 3 heterocycles. The van der Waals surface area contributed by atoms with Crippen molar-refractivity contribution >= 4 is 51.1 Å². The topological polar surface area (TPSA) is 75.4 Å². The third kappa shape index (κ3) is 4.06. The van der Waals surface area contributed by atoms with Crippen LogP contribution in [0.3, 0.4) is 0 Å². The van der Waals surface area contributed by atoms with E-state index in [1.54, 1.807) is 6.07 Å². The first-order valence-corrected chi connectivity index (χ1v) is 10.1. The molecule has 1 aliphatic heterocycles. The number of thiophene rings is 2. The van der Waals surface area contributed by atoms with E-state index in [1.807, 2.05) is 6.07 Å². The molecule has 0 spiro atoms. The zero-order chi connectivity index (χ0) is 18.1. The Labute approximate surface area is 159 Å².